The second-order valence-corrected chi connectivity index (χ2v) is 5.34. The molecule has 0 aliphatic carbocycles. The van der Waals surface area contributed by atoms with Crippen molar-refractivity contribution >= 4 is 6.08 Å². The third kappa shape index (κ3) is 3.65. The highest BCUT2D eigenvalue weighted by Crippen LogP contribution is 2.32. The zero-order valence-corrected chi connectivity index (χ0v) is 12.5. The molecule has 4 heteroatoms. The predicted molar refractivity (Wildman–Crippen MR) is 84.3 cm³/mol. The lowest BCUT2D eigenvalue weighted by Gasteiger charge is -2.14. The van der Waals surface area contributed by atoms with Gasteiger partial charge in [-0.2, -0.15) is 0 Å². The van der Waals surface area contributed by atoms with Crippen LogP contribution in [0, 0.1) is 5.82 Å². The Labute approximate surface area is 129 Å². The van der Waals surface area contributed by atoms with E-state index in [1.54, 1.807) is 6.07 Å². The number of nitrogens with zero attached hydrogens (tertiary/aromatic N) is 1. The van der Waals surface area contributed by atoms with Crippen LogP contribution >= 0.6 is 0 Å². The van der Waals surface area contributed by atoms with Gasteiger partial charge in [0.2, 0.25) is 6.79 Å². The van der Waals surface area contributed by atoms with E-state index in [4.69, 9.17) is 9.47 Å². The Morgan fingerprint density at radius 2 is 2.00 bits per heavy atom. The minimum Gasteiger partial charge on any atom is -0.454 e. The van der Waals surface area contributed by atoms with Gasteiger partial charge in [0.05, 0.1) is 0 Å². The zero-order chi connectivity index (χ0) is 15.4. The summed E-state index contributed by atoms with van der Waals surface area (Å²) in [6.07, 6.45) is 3.96. The molecule has 0 aromatic heterocycles. The van der Waals surface area contributed by atoms with Gasteiger partial charge in [0.25, 0.3) is 0 Å². The summed E-state index contributed by atoms with van der Waals surface area (Å²) < 4.78 is 23.8. The first-order valence-corrected chi connectivity index (χ1v) is 7.20. The first-order valence-electron chi connectivity index (χ1n) is 7.20. The summed E-state index contributed by atoms with van der Waals surface area (Å²) in [5.74, 6) is 1.40. The number of benzene rings is 2. The molecule has 1 heterocycles. The zero-order valence-electron chi connectivity index (χ0n) is 12.5. The average molecular weight is 299 g/mol. The summed E-state index contributed by atoms with van der Waals surface area (Å²) in [6.45, 7) is 1.89. The maximum Gasteiger partial charge on any atom is 0.231 e. The second kappa shape index (κ2) is 6.62. The molecule has 0 unspecified atom stereocenters. The summed E-state index contributed by atoms with van der Waals surface area (Å²) in [7, 11) is 2.04. The average Bonchev–Trinajstić information content (AvgIpc) is 2.95. The van der Waals surface area contributed by atoms with Crippen molar-refractivity contribution in [2.75, 3.05) is 20.4 Å². The van der Waals surface area contributed by atoms with E-state index < -0.39 is 0 Å². The topological polar surface area (TPSA) is 21.7 Å². The number of ether oxygens (including phenoxy) is 2. The van der Waals surface area contributed by atoms with Crippen molar-refractivity contribution in [2.24, 2.45) is 0 Å². The van der Waals surface area contributed by atoms with Gasteiger partial charge in [-0.05, 0) is 42.4 Å². The molecule has 0 bridgehead atoms. The van der Waals surface area contributed by atoms with Gasteiger partial charge in [-0.25, -0.2) is 4.39 Å². The number of fused-ring (bicyclic) bond motifs is 1. The highest BCUT2D eigenvalue weighted by molar-refractivity contribution is 5.49. The van der Waals surface area contributed by atoms with Crippen LogP contribution < -0.4 is 9.47 Å². The van der Waals surface area contributed by atoms with E-state index in [1.165, 1.54) is 17.7 Å². The molecule has 0 atom stereocenters. The van der Waals surface area contributed by atoms with Crippen LogP contribution in [0.15, 0.2) is 48.5 Å². The van der Waals surface area contributed by atoms with E-state index in [1.807, 2.05) is 43.5 Å². The molecule has 114 valence electrons. The molecule has 3 nitrogen and oxygen atoms in total. The van der Waals surface area contributed by atoms with Gasteiger partial charge in [-0.1, -0.05) is 30.4 Å². The molecule has 0 saturated heterocycles. The van der Waals surface area contributed by atoms with E-state index in [0.29, 0.717) is 6.79 Å². The number of hydrogen-bond acceptors (Lipinski definition) is 3. The third-order valence-electron chi connectivity index (χ3n) is 3.47. The van der Waals surface area contributed by atoms with Crippen LogP contribution in [0.5, 0.6) is 11.5 Å². The summed E-state index contributed by atoms with van der Waals surface area (Å²) in [5.41, 5.74) is 2.04. The fraction of sp³-hybridized carbons (Fsp3) is 0.222. The Morgan fingerprint density at radius 3 is 2.86 bits per heavy atom. The quantitative estimate of drug-likeness (QED) is 0.840. The van der Waals surface area contributed by atoms with E-state index in [-0.39, 0.29) is 5.82 Å². The van der Waals surface area contributed by atoms with Gasteiger partial charge in [0.1, 0.15) is 5.82 Å². The highest BCUT2D eigenvalue weighted by atomic mass is 19.1. The molecule has 2 aromatic rings. The van der Waals surface area contributed by atoms with Crippen LogP contribution in [0.2, 0.25) is 0 Å². The molecule has 0 saturated carbocycles. The molecule has 1 aliphatic rings. The first-order chi connectivity index (χ1) is 10.7. The minimum atomic E-state index is -0.212. The van der Waals surface area contributed by atoms with Gasteiger partial charge in [-0.3, -0.25) is 4.90 Å². The maximum absolute atomic E-state index is 13.1. The highest BCUT2D eigenvalue weighted by Gasteiger charge is 2.13. The molecular weight excluding hydrogens is 281 g/mol. The SMILES string of the molecule is CN(C/C=C/c1cccc(F)c1)Cc1ccc2c(c1)OCO2. The van der Waals surface area contributed by atoms with Crippen LogP contribution in [0.1, 0.15) is 11.1 Å². The van der Waals surface area contributed by atoms with Gasteiger partial charge in [0.15, 0.2) is 11.5 Å². The van der Waals surface area contributed by atoms with Crippen molar-refractivity contribution in [1.82, 2.24) is 4.90 Å². The maximum atomic E-state index is 13.1. The van der Waals surface area contributed by atoms with Gasteiger partial charge < -0.3 is 9.47 Å². The molecule has 3 rings (SSSR count). The monoisotopic (exact) mass is 299 g/mol. The molecule has 0 radical (unpaired) electrons. The summed E-state index contributed by atoms with van der Waals surface area (Å²) >= 11 is 0. The lowest BCUT2D eigenvalue weighted by molar-refractivity contribution is 0.174. The molecule has 0 fully saturated rings. The molecule has 22 heavy (non-hydrogen) atoms. The smallest absolute Gasteiger partial charge is 0.231 e. The van der Waals surface area contributed by atoms with Crippen molar-refractivity contribution < 1.29 is 13.9 Å². The van der Waals surface area contributed by atoms with Crippen molar-refractivity contribution in [1.29, 1.82) is 0 Å². The largest absolute Gasteiger partial charge is 0.454 e. The van der Waals surface area contributed by atoms with Crippen LogP contribution in [-0.2, 0) is 6.54 Å². The number of hydrogen-bond donors (Lipinski definition) is 0. The van der Waals surface area contributed by atoms with Crippen LogP contribution in [0.25, 0.3) is 6.08 Å². The summed E-state index contributed by atoms with van der Waals surface area (Å²) in [6, 6.07) is 12.6. The Morgan fingerprint density at radius 1 is 1.14 bits per heavy atom. The van der Waals surface area contributed by atoms with E-state index in [0.717, 1.165) is 30.2 Å². The normalized spacial score (nSPS) is 13.2. The van der Waals surface area contributed by atoms with Crippen LogP contribution in [0.4, 0.5) is 4.39 Å². The molecule has 0 N–H and O–H groups in total. The molecular formula is C18H18FNO2. The second-order valence-electron chi connectivity index (χ2n) is 5.34. The van der Waals surface area contributed by atoms with Crippen molar-refractivity contribution in [3.05, 3.63) is 65.5 Å². The van der Waals surface area contributed by atoms with E-state index in [2.05, 4.69) is 4.90 Å². The Hall–Kier alpha value is -2.33. The molecule has 2 aromatic carbocycles. The third-order valence-corrected chi connectivity index (χ3v) is 3.47. The van der Waals surface area contributed by atoms with E-state index in [9.17, 15) is 4.39 Å². The lowest BCUT2D eigenvalue weighted by Crippen LogP contribution is -2.17. The number of rotatable bonds is 5. The Kier molecular flexibility index (Phi) is 4.39. The van der Waals surface area contributed by atoms with Crippen molar-refractivity contribution in [3.8, 4) is 11.5 Å². The fourth-order valence-corrected chi connectivity index (χ4v) is 2.39. The van der Waals surface area contributed by atoms with Gasteiger partial charge in [-0.15, -0.1) is 0 Å². The number of halogens is 1. The molecule has 1 aliphatic heterocycles. The number of likely N-dealkylation sites (N-methyl/N-ethyl adjacent to an activating group) is 1. The summed E-state index contributed by atoms with van der Waals surface area (Å²) in [5, 5.41) is 0. The van der Waals surface area contributed by atoms with Crippen molar-refractivity contribution in [3.63, 3.8) is 0 Å². The van der Waals surface area contributed by atoms with Gasteiger partial charge >= 0.3 is 0 Å². The van der Waals surface area contributed by atoms with E-state index >= 15 is 0 Å². The summed E-state index contributed by atoms with van der Waals surface area (Å²) in [4.78, 5) is 2.17. The van der Waals surface area contributed by atoms with Crippen molar-refractivity contribution in [2.45, 2.75) is 6.54 Å². The van der Waals surface area contributed by atoms with Crippen LogP contribution in [-0.4, -0.2) is 25.3 Å². The minimum absolute atomic E-state index is 0.212. The predicted octanol–water partition coefficient (Wildman–Crippen LogP) is 3.70. The first kappa shape index (κ1) is 14.6. The fourth-order valence-electron chi connectivity index (χ4n) is 2.39. The molecule has 0 spiro atoms. The lowest BCUT2D eigenvalue weighted by atomic mass is 10.2. The Balaban J connectivity index is 1.55. The van der Waals surface area contributed by atoms with Crippen LogP contribution in [0.3, 0.4) is 0 Å². The van der Waals surface area contributed by atoms with Gasteiger partial charge in [0, 0.05) is 13.1 Å². The standard InChI is InChI=1S/C18H18FNO2/c1-20(9-3-5-14-4-2-6-16(19)10-14)12-15-7-8-17-18(11-15)22-13-21-17/h2-8,10-11H,9,12-13H2,1H3/b5-3+. The molecule has 0 amide bonds. The Bertz CT molecular complexity index is 685.